The highest BCUT2D eigenvalue weighted by Crippen LogP contribution is 2.19. The minimum Gasteiger partial charge on any atom is -0.305 e. The molecule has 0 aromatic carbocycles. The highest BCUT2D eigenvalue weighted by atomic mass is 32.1. The molecule has 0 aliphatic carbocycles. The Morgan fingerprint density at radius 1 is 1.62 bits per heavy atom. The molecule has 0 atom stereocenters. The fraction of sp³-hybridized carbons (Fsp3) is 0.111. The first-order chi connectivity index (χ1) is 7.75. The summed E-state index contributed by atoms with van der Waals surface area (Å²) in [6.07, 6.45) is 1.63. The fourth-order valence-corrected chi connectivity index (χ4v) is 1.59. The molecule has 0 saturated carbocycles. The lowest BCUT2D eigenvalue weighted by Crippen LogP contribution is -2.05. The maximum Gasteiger partial charge on any atom is 0.241 e. The quantitative estimate of drug-likeness (QED) is 0.824. The Labute approximate surface area is 95.0 Å². The van der Waals surface area contributed by atoms with Gasteiger partial charge in [-0.25, -0.2) is 9.62 Å². The number of anilines is 1. The molecule has 0 aliphatic rings. The van der Waals surface area contributed by atoms with Crippen molar-refractivity contribution in [3.8, 4) is 0 Å². The number of nitrogens with zero attached hydrogens (tertiary/aromatic N) is 3. The van der Waals surface area contributed by atoms with E-state index in [1.807, 2.05) is 17.5 Å². The molecular formula is C9H8N4O2S. The molecule has 0 unspecified atom stereocenters. The number of carbonyl (C=O) groups is 1. The van der Waals surface area contributed by atoms with E-state index in [-0.39, 0.29) is 17.5 Å². The molecule has 2 rings (SSSR count). The van der Waals surface area contributed by atoms with Crippen molar-refractivity contribution in [3.05, 3.63) is 22.4 Å². The number of thiophene rings is 1. The Bertz CT molecular complexity index is 503. The van der Waals surface area contributed by atoms with Crippen LogP contribution in [0.3, 0.4) is 0 Å². The standard InChI is InChI=1S/C9H8N4O2S/c1-6(14)11-9-8(12-15-13-9)10-5-7-3-2-4-16-7/h2-5H,1H3,(H,11,13,14). The van der Waals surface area contributed by atoms with Gasteiger partial charge in [-0.2, -0.15) is 0 Å². The number of aliphatic imine (C=N–C) groups is 1. The van der Waals surface area contributed by atoms with Gasteiger partial charge in [-0.15, -0.1) is 11.3 Å². The third kappa shape index (κ3) is 2.51. The normalized spacial score (nSPS) is 10.8. The summed E-state index contributed by atoms with van der Waals surface area (Å²) in [7, 11) is 0. The Balaban J connectivity index is 2.15. The first-order valence-electron chi connectivity index (χ1n) is 4.43. The monoisotopic (exact) mass is 236 g/mol. The van der Waals surface area contributed by atoms with Crippen molar-refractivity contribution in [1.29, 1.82) is 0 Å². The smallest absolute Gasteiger partial charge is 0.241 e. The predicted molar refractivity (Wildman–Crippen MR) is 60.2 cm³/mol. The van der Waals surface area contributed by atoms with Gasteiger partial charge >= 0.3 is 0 Å². The van der Waals surface area contributed by atoms with Crippen LogP contribution in [0.1, 0.15) is 11.8 Å². The Morgan fingerprint density at radius 3 is 3.19 bits per heavy atom. The van der Waals surface area contributed by atoms with Gasteiger partial charge < -0.3 is 5.32 Å². The van der Waals surface area contributed by atoms with E-state index in [2.05, 4.69) is 25.3 Å². The summed E-state index contributed by atoms with van der Waals surface area (Å²) in [4.78, 5) is 15.9. The molecule has 0 saturated heterocycles. The van der Waals surface area contributed by atoms with Crippen LogP contribution in [-0.4, -0.2) is 22.4 Å². The number of hydrogen-bond acceptors (Lipinski definition) is 6. The average molecular weight is 236 g/mol. The lowest BCUT2D eigenvalue weighted by atomic mass is 10.5. The van der Waals surface area contributed by atoms with Crippen LogP contribution < -0.4 is 5.32 Å². The minimum atomic E-state index is -0.247. The minimum absolute atomic E-state index is 0.223. The third-order valence-electron chi connectivity index (χ3n) is 1.62. The molecule has 0 fully saturated rings. The Kier molecular flexibility index (Phi) is 3.06. The first kappa shape index (κ1) is 10.5. The molecule has 2 aromatic heterocycles. The molecule has 1 N–H and O–H groups in total. The van der Waals surface area contributed by atoms with Gasteiger partial charge in [-0.1, -0.05) is 6.07 Å². The number of aromatic nitrogens is 2. The summed E-state index contributed by atoms with van der Waals surface area (Å²) in [5.41, 5.74) is 0. The van der Waals surface area contributed by atoms with Gasteiger partial charge in [-0.05, 0) is 21.8 Å². The molecule has 7 heteroatoms. The van der Waals surface area contributed by atoms with Crippen molar-refractivity contribution < 1.29 is 9.42 Å². The second-order valence-electron chi connectivity index (χ2n) is 2.89. The zero-order valence-electron chi connectivity index (χ0n) is 8.38. The zero-order valence-corrected chi connectivity index (χ0v) is 9.19. The predicted octanol–water partition coefficient (Wildman–Crippen LogP) is 1.84. The maximum absolute atomic E-state index is 10.8. The number of amides is 1. The number of nitrogens with one attached hydrogen (secondary N) is 1. The first-order valence-corrected chi connectivity index (χ1v) is 5.31. The van der Waals surface area contributed by atoms with Gasteiger partial charge in [0.2, 0.25) is 17.5 Å². The molecule has 2 aromatic rings. The van der Waals surface area contributed by atoms with E-state index in [1.165, 1.54) is 6.92 Å². The van der Waals surface area contributed by atoms with E-state index >= 15 is 0 Å². The van der Waals surface area contributed by atoms with Crippen LogP contribution >= 0.6 is 11.3 Å². The van der Waals surface area contributed by atoms with E-state index in [1.54, 1.807) is 17.6 Å². The summed E-state index contributed by atoms with van der Waals surface area (Å²) < 4.78 is 4.49. The molecular weight excluding hydrogens is 228 g/mol. The van der Waals surface area contributed by atoms with E-state index in [4.69, 9.17) is 0 Å². The van der Waals surface area contributed by atoms with Crippen molar-refractivity contribution in [3.63, 3.8) is 0 Å². The van der Waals surface area contributed by atoms with Crippen LogP contribution in [0.5, 0.6) is 0 Å². The average Bonchev–Trinajstić information content (AvgIpc) is 2.84. The van der Waals surface area contributed by atoms with E-state index < -0.39 is 0 Å². The van der Waals surface area contributed by atoms with Crippen molar-refractivity contribution in [2.24, 2.45) is 4.99 Å². The Morgan fingerprint density at radius 2 is 2.50 bits per heavy atom. The second kappa shape index (κ2) is 4.67. The Hall–Kier alpha value is -2.02. The van der Waals surface area contributed by atoms with E-state index in [0.717, 1.165) is 4.88 Å². The fourth-order valence-electron chi connectivity index (χ4n) is 1.00. The lowest BCUT2D eigenvalue weighted by molar-refractivity contribution is -0.114. The van der Waals surface area contributed by atoms with Crippen LogP contribution in [0.15, 0.2) is 27.1 Å². The van der Waals surface area contributed by atoms with Gasteiger partial charge in [0.25, 0.3) is 0 Å². The SMILES string of the molecule is CC(=O)Nc1nonc1N=Cc1cccs1. The van der Waals surface area contributed by atoms with Gasteiger partial charge in [0, 0.05) is 18.0 Å². The van der Waals surface area contributed by atoms with Gasteiger partial charge in [0.15, 0.2) is 0 Å². The van der Waals surface area contributed by atoms with Crippen molar-refractivity contribution in [1.82, 2.24) is 10.3 Å². The molecule has 0 bridgehead atoms. The van der Waals surface area contributed by atoms with Gasteiger partial charge in [0.05, 0.1) is 0 Å². The summed E-state index contributed by atoms with van der Waals surface area (Å²) >= 11 is 1.55. The topological polar surface area (TPSA) is 80.4 Å². The van der Waals surface area contributed by atoms with Gasteiger partial charge in [-0.3, -0.25) is 4.79 Å². The molecule has 0 radical (unpaired) electrons. The zero-order chi connectivity index (χ0) is 11.4. The number of carbonyl (C=O) groups excluding carboxylic acids is 1. The van der Waals surface area contributed by atoms with Crippen LogP contribution in [0, 0.1) is 0 Å². The van der Waals surface area contributed by atoms with Crippen LogP contribution in [0.25, 0.3) is 0 Å². The highest BCUT2D eigenvalue weighted by molar-refractivity contribution is 7.11. The number of hydrogen-bond donors (Lipinski definition) is 1. The summed E-state index contributed by atoms with van der Waals surface area (Å²) in [6.45, 7) is 1.38. The van der Waals surface area contributed by atoms with Gasteiger partial charge in [0.1, 0.15) is 0 Å². The number of rotatable bonds is 3. The molecule has 82 valence electrons. The second-order valence-corrected chi connectivity index (χ2v) is 3.87. The van der Waals surface area contributed by atoms with Crippen LogP contribution in [-0.2, 0) is 4.79 Å². The molecule has 2 heterocycles. The third-order valence-corrected chi connectivity index (χ3v) is 2.43. The molecule has 1 amide bonds. The largest absolute Gasteiger partial charge is 0.305 e. The van der Waals surface area contributed by atoms with Crippen LogP contribution in [0.2, 0.25) is 0 Å². The molecule has 0 spiro atoms. The maximum atomic E-state index is 10.8. The molecule has 16 heavy (non-hydrogen) atoms. The highest BCUT2D eigenvalue weighted by Gasteiger charge is 2.09. The molecule has 0 aliphatic heterocycles. The lowest BCUT2D eigenvalue weighted by Gasteiger charge is -1.93. The van der Waals surface area contributed by atoms with Crippen molar-refractivity contribution in [2.45, 2.75) is 6.92 Å². The van der Waals surface area contributed by atoms with Crippen molar-refractivity contribution >= 4 is 35.1 Å². The summed E-state index contributed by atoms with van der Waals surface area (Å²) in [6, 6.07) is 3.83. The summed E-state index contributed by atoms with van der Waals surface area (Å²) in [5.74, 6) is 0.229. The van der Waals surface area contributed by atoms with Crippen molar-refractivity contribution in [2.75, 3.05) is 5.32 Å². The van der Waals surface area contributed by atoms with Crippen LogP contribution in [0.4, 0.5) is 11.6 Å². The van der Waals surface area contributed by atoms with E-state index in [9.17, 15) is 4.79 Å². The molecule has 6 nitrogen and oxygen atoms in total. The van der Waals surface area contributed by atoms with E-state index in [0.29, 0.717) is 0 Å². The summed E-state index contributed by atoms with van der Waals surface area (Å²) in [5, 5.41) is 11.5.